The van der Waals surface area contributed by atoms with Crippen molar-refractivity contribution < 1.29 is 4.79 Å². The number of nitrogens with zero attached hydrogens (tertiary/aromatic N) is 3. The van der Waals surface area contributed by atoms with Crippen LogP contribution in [0.3, 0.4) is 0 Å². The second-order valence-electron chi connectivity index (χ2n) is 4.94. The van der Waals surface area contributed by atoms with Gasteiger partial charge in [0.1, 0.15) is 11.4 Å². The third-order valence-corrected chi connectivity index (χ3v) is 4.24. The van der Waals surface area contributed by atoms with E-state index in [0.29, 0.717) is 18.0 Å². The highest BCUT2D eigenvalue weighted by molar-refractivity contribution is 7.99. The third-order valence-electron chi connectivity index (χ3n) is 3.30. The molecular weight excluding hydrogens is 316 g/mol. The predicted molar refractivity (Wildman–Crippen MR) is 89.9 cm³/mol. The number of carbonyl (C=O) groups is 1. The van der Waals surface area contributed by atoms with Gasteiger partial charge in [-0.25, -0.2) is 9.78 Å². The second-order valence-corrected chi connectivity index (χ2v) is 5.93. The molecule has 2 N–H and O–H groups in total. The molecule has 2 rings (SSSR count). The summed E-state index contributed by atoms with van der Waals surface area (Å²) in [5.74, 6) is -0.448. The minimum absolute atomic E-state index is 0.0286. The van der Waals surface area contributed by atoms with Gasteiger partial charge >= 0.3 is 5.69 Å². The maximum atomic E-state index is 12.4. The number of aromatic nitrogens is 3. The van der Waals surface area contributed by atoms with Crippen molar-refractivity contribution in [2.75, 3.05) is 11.5 Å². The van der Waals surface area contributed by atoms with Crippen LogP contribution in [-0.2, 0) is 13.6 Å². The molecule has 2 heterocycles. The first-order chi connectivity index (χ1) is 11.0. The van der Waals surface area contributed by atoms with Crippen LogP contribution in [0.1, 0.15) is 23.7 Å². The fourth-order valence-corrected chi connectivity index (χ4v) is 2.86. The maximum Gasteiger partial charge on any atom is 0.332 e. The van der Waals surface area contributed by atoms with Crippen LogP contribution in [0.4, 0.5) is 5.82 Å². The lowest BCUT2D eigenvalue weighted by atomic mass is 10.2. The molecule has 0 atom stereocenters. The summed E-state index contributed by atoms with van der Waals surface area (Å²) in [6.07, 6.45) is 2.29. The van der Waals surface area contributed by atoms with Crippen molar-refractivity contribution in [1.82, 2.24) is 14.1 Å². The Kier molecular flexibility index (Phi) is 5.38. The fraction of sp³-hybridized carbons (Fsp3) is 0.333. The molecule has 0 aliphatic heterocycles. The van der Waals surface area contributed by atoms with E-state index in [1.807, 2.05) is 13.0 Å². The quantitative estimate of drug-likeness (QED) is 0.622. The van der Waals surface area contributed by atoms with Gasteiger partial charge in [-0.15, -0.1) is 0 Å². The van der Waals surface area contributed by atoms with Gasteiger partial charge in [-0.1, -0.05) is 24.8 Å². The van der Waals surface area contributed by atoms with Crippen molar-refractivity contribution in [3.8, 4) is 0 Å². The average Bonchev–Trinajstić information content (AvgIpc) is 2.56. The molecule has 2 aromatic heterocycles. The zero-order valence-electron chi connectivity index (χ0n) is 13.0. The van der Waals surface area contributed by atoms with Crippen LogP contribution < -0.4 is 17.0 Å². The zero-order valence-corrected chi connectivity index (χ0v) is 13.8. The Morgan fingerprint density at radius 3 is 2.70 bits per heavy atom. The van der Waals surface area contributed by atoms with Gasteiger partial charge in [-0.05, 0) is 18.6 Å². The predicted octanol–water partition coefficient (Wildman–Crippen LogP) is 0.909. The molecule has 8 heteroatoms. The minimum atomic E-state index is -0.661. The van der Waals surface area contributed by atoms with Crippen molar-refractivity contribution in [3.05, 3.63) is 50.8 Å². The molecule has 0 bridgehead atoms. The summed E-state index contributed by atoms with van der Waals surface area (Å²) in [5.41, 5.74) is 4.61. The van der Waals surface area contributed by atoms with Gasteiger partial charge in [0.2, 0.25) is 0 Å². The molecule has 0 unspecified atom stereocenters. The van der Waals surface area contributed by atoms with E-state index < -0.39 is 17.0 Å². The SMILES string of the molecule is CCCn1c(N)c(C(=O)CSc2ccccn2)c(=O)n(C)c1=O. The molecule has 0 aliphatic rings. The first-order valence-electron chi connectivity index (χ1n) is 7.13. The molecular formula is C15H18N4O3S. The Bertz CT molecular complexity index is 827. The van der Waals surface area contributed by atoms with E-state index in [1.165, 1.54) is 23.4 Å². The van der Waals surface area contributed by atoms with Crippen LogP contribution in [0.5, 0.6) is 0 Å². The molecule has 0 fully saturated rings. The van der Waals surface area contributed by atoms with Crippen LogP contribution in [-0.4, -0.2) is 25.7 Å². The van der Waals surface area contributed by atoms with E-state index >= 15 is 0 Å². The number of pyridine rings is 1. The van der Waals surface area contributed by atoms with Gasteiger partial charge in [0, 0.05) is 19.8 Å². The number of nitrogen functional groups attached to an aromatic ring is 1. The number of hydrogen-bond donors (Lipinski definition) is 1. The number of anilines is 1. The molecule has 0 aliphatic carbocycles. The molecule has 7 nitrogen and oxygen atoms in total. The normalized spacial score (nSPS) is 10.7. The van der Waals surface area contributed by atoms with Gasteiger partial charge in [0.05, 0.1) is 10.8 Å². The fourth-order valence-electron chi connectivity index (χ4n) is 2.13. The standard InChI is InChI=1S/C15H18N4O3S/c1-3-8-19-13(16)12(14(21)18(2)15(19)22)10(20)9-23-11-6-4-5-7-17-11/h4-7H,3,8-9,16H2,1-2H3. The van der Waals surface area contributed by atoms with Crippen LogP contribution >= 0.6 is 11.8 Å². The summed E-state index contributed by atoms with van der Waals surface area (Å²) in [6, 6.07) is 5.37. The molecule has 23 heavy (non-hydrogen) atoms. The summed E-state index contributed by atoms with van der Waals surface area (Å²) in [4.78, 5) is 40.8. The number of nitrogens with two attached hydrogens (primary N) is 1. The van der Waals surface area contributed by atoms with Gasteiger partial charge < -0.3 is 5.73 Å². The first kappa shape index (κ1) is 17.0. The molecule has 0 amide bonds. The van der Waals surface area contributed by atoms with Crippen molar-refractivity contribution in [1.29, 1.82) is 0 Å². The van der Waals surface area contributed by atoms with E-state index in [2.05, 4.69) is 4.98 Å². The molecule has 0 spiro atoms. The molecule has 0 saturated carbocycles. The van der Waals surface area contributed by atoms with Crippen LogP contribution in [0.15, 0.2) is 39.0 Å². The molecule has 122 valence electrons. The van der Waals surface area contributed by atoms with E-state index in [9.17, 15) is 14.4 Å². The average molecular weight is 334 g/mol. The van der Waals surface area contributed by atoms with Gasteiger partial charge in [0.25, 0.3) is 5.56 Å². The van der Waals surface area contributed by atoms with E-state index in [1.54, 1.807) is 18.3 Å². The monoisotopic (exact) mass is 334 g/mol. The Balaban J connectivity index is 2.36. The van der Waals surface area contributed by atoms with E-state index in [4.69, 9.17) is 5.73 Å². The number of rotatable bonds is 6. The van der Waals surface area contributed by atoms with Crippen LogP contribution in [0.25, 0.3) is 0 Å². The van der Waals surface area contributed by atoms with Gasteiger partial charge in [0.15, 0.2) is 5.78 Å². The Morgan fingerprint density at radius 1 is 1.35 bits per heavy atom. The van der Waals surface area contributed by atoms with Crippen molar-refractivity contribution >= 4 is 23.4 Å². The number of Topliss-reactive ketones (excluding diaryl/α,β-unsaturated/α-hetero) is 1. The van der Waals surface area contributed by atoms with Crippen LogP contribution in [0, 0.1) is 0 Å². The van der Waals surface area contributed by atoms with E-state index in [0.717, 1.165) is 4.57 Å². The first-order valence-corrected chi connectivity index (χ1v) is 8.12. The maximum absolute atomic E-state index is 12.4. The number of carbonyl (C=O) groups excluding carboxylic acids is 1. The Labute approximate surface area is 137 Å². The molecule has 2 aromatic rings. The lowest BCUT2D eigenvalue weighted by Gasteiger charge is -2.13. The Hall–Kier alpha value is -2.35. The smallest absolute Gasteiger partial charge is 0.332 e. The third kappa shape index (κ3) is 3.53. The van der Waals surface area contributed by atoms with Crippen molar-refractivity contribution in [2.24, 2.45) is 7.05 Å². The lowest BCUT2D eigenvalue weighted by Crippen LogP contribution is -2.42. The number of ketones is 1. The topological polar surface area (TPSA) is 100.0 Å². The van der Waals surface area contributed by atoms with Crippen molar-refractivity contribution in [2.45, 2.75) is 24.9 Å². The summed E-state index contributed by atoms with van der Waals surface area (Å²) in [7, 11) is 1.35. The zero-order chi connectivity index (χ0) is 17.0. The van der Waals surface area contributed by atoms with Gasteiger partial charge in [-0.3, -0.25) is 18.7 Å². The second kappa shape index (κ2) is 7.28. The minimum Gasteiger partial charge on any atom is -0.384 e. The highest BCUT2D eigenvalue weighted by Gasteiger charge is 2.21. The van der Waals surface area contributed by atoms with E-state index in [-0.39, 0.29) is 17.1 Å². The Morgan fingerprint density at radius 2 is 2.09 bits per heavy atom. The number of hydrogen-bond acceptors (Lipinski definition) is 6. The summed E-state index contributed by atoms with van der Waals surface area (Å²) >= 11 is 1.22. The summed E-state index contributed by atoms with van der Waals surface area (Å²) < 4.78 is 2.19. The van der Waals surface area contributed by atoms with Gasteiger partial charge in [-0.2, -0.15) is 0 Å². The molecule has 0 radical (unpaired) electrons. The highest BCUT2D eigenvalue weighted by atomic mass is 32.2. The van der Waals surface area contributed by atoms with Crippen LogP contribution in [0.2, 0.25) is 0 Å². The highest BCUT2D eigenvalue weighted by Crippen LogP contribution is 2.17. The summed E-state index contributed by atoms with van der Waals surface area (Å²) in [6.45, 7) is 2.24. The molecule has 0 aromatic carbocycles. The number of thioether (sulfide) groups is 1. The van der Waals surface area contributed by atoms with Crippen molar-refractivity contribution in [3.63, 3.8) is 0 Å². The lowest BCUT2D eigenvalue weighted by molar-refractivity contribution is 0.102. The largest absolute Gasteiger partial charge is 0.384 e. The summed E-state index contributed by atoms with van der Waals surface area (Å²) in [5, 5.41) is 0.679. The molecule has 0 saturated heterocycles.